The average molecular weight is 395 g/mol. The fourth-order valence-corrected chi connectivity index (χ4v) is 4.97. The quantitative estimate of drug-likeness (QED) is 0.722. The van der Waals surface area contributed by atoms with E-state index in [0.29, 0.717) is 11.6 Å². The van der Waals surface area contributed by atoms with Gasteiger partial charge in [0.05, 0.1) is 16.9 Å². The topological polar surface area (TPSA) is 72.9 Å². The van der Waals surface area contributed by atoms with Gasteiger partial charge in [0.1, 0.15) is 0 Å². The molecule has 4 rings (SSSR count). The van der Waals surface area contributed by atoms with E-state index in [4.69, 9.17) is 10.8 Å². The molecule has 5 heteroatoms. The summed E-state index contributed by atoms with van der Waals surface area (Å²) in [4.78, 5) is 12.1. The molecule has 2 aliphatic carbocycles. The van der Waals surface area contributed by atoms with Gasteiger partial charge in [0.25, 0.3) is 5.91 Å². The Bertz CT molecular complexity index is 904. The highest BCUT2D eigenvalue weighted by atomic mass is 16.1. The molecule has 2 aromatic rings. The molecule has 3 N–H and O–H groups in total. The number of hydrogen-bond acceptors (Lipinski definition) is 3. The number of benzene rings is 1. The smallest absolute Gasteiger partial charge is 0.250 e. The summed E-state index contributed by atoms with van der Waals surface area (Å²) < 4.78 is 2.09. The molecule has 1 aromatic heterocycles. The maximum Gasteiger partial charge on any atom is 0.250 e. The maximum absolute atomic E-state index is 12.1. The SMILES string of the molecule is Cc1nn(-c2ccc(C(N)=O)c(NC3CCCCCC3)c2)c2c1CCC(C)(C)C2. The Morgan fingerprint density at radius 2 is 1.93 bits per heavy atom. The zero-order valence-corrected chi connectivity index (χ0v) is 18.1. The van der Waals surface area contributed by atoms with Crippen LogP contribution >= 0.6 is 0 Å². The van der Waals surface area contributed by atoms with E-state index in [0.717, 1.165) is 42.8 Å². The van der Waals surface area contributed by atoms with Crippen LogP contribution in [0.5, 0.6) is 0 Å². The second kappa shape index (κ2) is 7.85. The van der Waals surface area contributed by atoms with Crippen molar-refractivity contribution in [1.29, 1.82) is 0 Å². The van der Waals surface area contributed by atoms with Crippen LogP contribution in [0, 0.1) is 12.3 Å². The van der Waals surface area contributed by atoms with E-state index in [1.807, 2.05) is 12.1 Å². The van der Waals surface area contributed by atoms with Crippen LogP contribution in [-0.2, 0) is 12.8 Å². The number of hydrogen-bond donors (Lipinski definition) is 2. The number of carbonyl (C=O) groups is 1. The van der Waals surface area contributed by atoms with Crippen LogP contribution in [0.15, 0.2) is 18.2 Å². The number of carbonyl (C=O) groups excluding carboxylic acids is 1. The standard InChI is InChI=1S/C24H34N4O/c1-16-19-12-13-24(2,3)15-22(19)28(27-16)18-10-11-20(23(25)29)21(14-18)26-17-8-6-4-5-7-9-17/h10-11,14,17,26H,4-9,12-13,15H2,1-3H3,(H2,25,29). The van der Waals surface area contributed by atoms with Crippen molar-refractivity contribution < 1.29 is 4.79 Å². The number of aromatic nitrogens is 2. The molecule has 1 amide bonds. The molecular weight excluding hydrogens is 360 g/mol. The lowest BCUT2D eigenvalue weighted by Crippen LogP contribution is -2.24. The summed E-state index contributed by atoms with van der Waals surface area (Å²) in [6.45, 7) is 6.77. The van der Waals surface area contributed by atoms with E-state index in [9.17, 15) is 4.79 Å². The van der Waals surface area contributed by atoms with Crippen LogP contribution in [0.25, 0.3) is 5.69 Å². The van der Waals surface area contributed by atoms with Gasteiger partial charge < -0.3 is 11.1 Å². The van der Waals surface area contributed by atoms with Gasteiger partial charge in [-0.15, -0.1) is 0 Å². The Kier molecular flexibility index (Phi) is 5.41. The van der Waals surface area contributed by atoms with Crippen LogP contribution < -0.4 is 11.1 Å². The molecule has 1 heterocycles. The van der Waals surface area contributed by atoms with E-state index in [2.05, 4.69) is 36.8 Å². The van der Waals surface area contributed by atoms with E-state index in [-0.39, 0.29) is 11.3 Å². The van der Waals surface area contributed by atoms with Crippen molar-refractivity contribution in [2.45, 2.75) is 84.6 Å². The number of nitrogens with one attached hydrogen (secondary N) is 1. The molecule has 0 saturated heterocycles. The number of anilines is 1. The van der Waals surface area contributed by atoms with Gasteiger partial charge in [-0.25, -0.2) is 4.68 Å². The summed E-state index contributed by atoms with van der Waals surface area (Å²) in [5, 5.41) is 8.52. The van der Waals surface area contributed by atoms with Gasteiger partial charge in [0, 0.05) is 17.4 Å². The monoisotopic (exact) mass is 394 g/mol. The molecule has 29 heavy (non-hydrogen) atoms. The minimum atomic E-state index is -0.382. The zero-order chi connectivity index (χ0) is 20.6. The van der Waals surface area contributed by atoms with Gasteiger partial charge in [0.15, 0.2) is 0 Å². The highest BCUT2D eigenvalue weighted by Crippen LogP contribution is 2.37. The number of nitrogens with two attached hydrogens (primary N) is 1. The van der Waals surface area contributed by atoms with Crippen LogP contribution in [0.3, 0.4) is 0 Å². The molecule has 0 unspecified atom stereocenters. The van der Waals surface area contributed by atoms with E-state index >= 15 is 0 Å². The third-order valence-corrected chi connectivity index (χ3v) is 6.72. The lowest BCUT2D eigenvalue weighted by molar-refractivity contribution is 0.100. The molecule has 156 valence electrons. The number of primary amides is 1. The lowest BCUT2D eigenvalue weighted by atomic mass is 9.76. The second-order valence-corrected chi connectivity index (χ2v) is 9.69. The lowest BCUT2D eigenvalue weighted by Gasteiger charge is -2.30. The van der Waals surface area contributed by atoms with E-state index in [1.54, 1.807) is 0 Å². The van der Waals surface area contributed by atoms with E-state index < -0.39 is 0 Å². The third kappa shape index (κ3) is 4.19. The molecule has 1 aromatic carbocycles. The number of fused-ring (bicyclic) bond motifs is 1. The van der Waals surface area contributed by atoms with Crippen LogP contribution in [0.1, 0.15) is 86.1 Å². The molecule has 0 aliphatic heterocycles. The molecule has 1 saturated carbocycles. The highest BCUT2D eigenvalue weighted by Gasteiger charge is 2.30. The first-order chi connectivity index (χ1) is 13.8. The third-order valence-electron chi connectivity index (χ3n) is 6.72. The van der Waals surface area contributed by atoms with Crippen LogP contribution in [-0.4, -0.2) is 21.7 Å². The minimum absolute atomic E-state index is 0.284. The van der Waals surface area contributed by atoms with Crippen molar-refractivity contribution in [3.05, 3.63) is 40.7 Å². The van der Waals surface area contributed by atoms with Crippen LogP contribution in [0.4, 0.5) is 5.69 Å². The maximum atomic E-state index is 12.1. The predicted octanol–water partition coefficient (Wildman–Crippen LogP) is 4.93. The van der Waals surface area contributed by atoms with Gasteiger partial charge in [-0.05, 0) is 68.2 Å². The summed E-state index contributed by atoms with van der Waals surface area (Å²) in [5.41, 5.74) is 12.2. The fraction of sp³-hybridized carbons (Fsp3) is 0.583. The minimum Gasteiger partial charge on any atom is -0.382 e. The summed E-state index contributed by atoms with van der Waals surface area (Å²) in [7, 11) is 0. The Labute approximate surface area is 174 Å². The van der Waals surface area contributed by atoms with E-state index in [1.165, 1.54) is 43.4 Å². The zero-order valence-electron chi connectivity index (χ0n) is 18.1. The first-order valence-corrected chi connectivity index (χ1v) is 11.1. The second-order valence-electron chi connectivity index (χ2n) is 9.69. The van der Waals surface area contributed by atoms with Crippen molar-refractivity contribution in [3.63, 3.8) is 0 Å². The number of rotatable bonds is 4. The molecule has 0 spiro atoms. The molecule has 5 nitrogen and oxygen atoms in total. The normalized spacial score (nSPS) is 19.4. The molecule has 0 bridgehead atoms. The Hall–Kier alpha value is -2.30. The van der Waals surface area contributed by atoms with Crippen molar-refractivity contribution >= 4 is 11.6 Å². The molecule has 0 atom stereocenters. The molecule has 2 aliphatic rings. The Balaban J connectivity index is 1.71. The molecular formula is C24H34N4O. The van der Waals surface area contributed by atoms with Crippen molar-refractivity contribution in [2.75, 3.05) is 5.32 Å². The first kappa shape index (κ1) is 20.0. The fourth-order valence-electron chi connectivity index (χ4n) is 4.97. The van der Waals surface area contributed by atoms with Crippen molar-refractivity contribution in [2.24, 2.45) is 11.1 Å². The van der Waals surface area contributed by atoms with Crippen LogP contribution in [0.2, 0.25) is 0 Å². The van der Waals surface area contributed by atoms with Gasteiger partial charge in [-0.3, -0.25) is 4.79 Å². The summed E-state index contributed by atoms with van der Waals surface area (Å²) in [6, 6.07) is 6.30. The van der Waals surface area contributed by atoms with Crippen molar-refractivity contribution in [3.8, 4) is 5.69 Å². The average Bonchev–Trinajstić information content (AvgIpc) is 2.83. The number of nitrogens with zero attached hydrogens (tertiary/aromatic N) is 2. The van der Waals surface area contributed by atoms with Gasteiger partial charge in [0.2, 0.25) is 0 Å². The summed E-state index contributed by atoms with van der Waals surface area (Å²) in [6.07, 6.45) is 10.7. The Morgan fingerprint density at radius 1 is 1.21 bits per heavy atom. The van der Waals surface area contributed by atoms with Gasteiger partial charge >= 0.3 is 0 Å². The molecule has 1 fully saturated rings. The highest BCUT2D eigenvalue weighted by molar-refractivity contribution is 5.99. The summed E-state index contributed by atoms with van der Waals surface area (Å²) in [5.74, 6) is -0.382. The summed E-state index contributed by atoms with van der Waals surface area (Å²) >= 11 is 0. The first-order valence-electron chi connectivity index (χ1n) is 11.1. The predicted molar refractivity (Wildman–Crippen MR) is 118 cm³/mol. The number of amides is 1. The molecule has 0 radical (unpaired) electrons. The number of aryl methyl sites for hydroxylation is 1. The van der Waals surface area contributed by atoms with Gasteiger partial charge in [-0.1, -0.05) is 39.5 Å². The van der Waals surface area contributed by atoms with Crippen molar-refractivity contribution in [1.82, 2.24) is 9.78 Å². The largest absolute Gasteiger partial charge is 0.382 e. The Morgan fingerprint density at radius 3 is 2.62 bits per heavy atom. The van der Waals surface area contributed by atoms with Gasteiger partial charge in [-0.2, -0.15) is 5.10 Å².